The van der Waals surface area contributed by atoms with Crippen molar-refractivity contribution >= 4 is 27.0 Å². The van der Waals surface area contributed by atoms with Crippen molar-refractivity contribution in [2.45, 2.75) is 18.4 Å². The lowest BCUT2D eigenvalue weighted by Crippen LogP contribution is -2.14. The number of sulfonamides is 1. The Morgan fingerprint density at radius 2 is 2.10 bits per heavy atom. The van der Waals surface area contributed by atoms with Gasteiger partial charge in [-0.15, -0.1) is 11.3 Å². The lowest BCUT2D eigenvalue weighted by Gasteiger charge is -2.09. The topological polar surface area (TPSA) is 96.0 Å². The van der Waals surface area contributed by atoms with E-state index in [0.717, 1.165) is 4.88 Å². The van der Waals surface area contributed by atoms with Crippen molar-refractivity contribution in [3.8, 4) is 6.07 Å². The highest BCUT2D eigenvalue weighted by molar-refractivity contribution is 7.89. The largest absolute Gasteiger partial charge is 0.380 e. The van der Waals surface area contributed by atoms with Crippen molar-refractivity contribution in [3.63, 3.8) is 0 Å². The summed E-state index contributed by atoms with van der Waals surface area (Å²) in [7, 11) is -3.72. The number of anilines is 1. The van der Waals surface area contributed by atoms with E-state index in [9.17, 15) is 8.42 Å². The van der Waals surface area contributed by atoms with Gasteiger partial charge in [-0.25, -0.2) is 13.6 Å². The summed E-state index contributed by atoms with van der Waals surface area (Å²) in [5.41, 5.74) is 1.28. The molecule has 1 aromatic heterocycles. The molecule has 7 heteroatoms. The first kappa shape index (κ1) is 14.5. The number of nitrogens with one attached hydrogen (secondary N) is 1. The second-order valence-electron chi connectivity index (χ2n) is 4.26. The molecule has 104 valence electrons. The van der Waals surface area contributed by atoms with Gasteiger partial charge in [-0.1, -0.05) is 6.07 Å². The molecule has 0 bridgehead atoms. The van der Waals surface area contributed by atoms with E-state index in [0.29, 0.717) is 22.7 Å². The third-order valence-electron chi connectivity index (χ3n) is 2.73. The molecular formula is C13H13N3O2S2. The van der Waals surface area contributed by atoms with E-state index in [2.05, 4.69) is 11.4 Å². The highest BCUT2D eigenvalue weighted by atomic mass is 32.2. The minimum absolute atomic E-state index is 0.117. The Morgan fingerprint density at radius 3 is 2.70 bits per heavy atom. The van der Waals surface area contributed by atoms with Crippen molar-refractivity contribution in [2.24, 2.45) is 5.14 Å². The van der Waals surface area contributed by atoms with Gasteiger partial charge < -0.3 is 5.32 Å². The molecule has 5 nitrogen and oxygen atoms in total. The van der Waals surface area contributed by atoms with Crippen LogP contribution < -0.4 is 10.5 Å². The quantitative estimate of drug-likeness (QED) is 0.905. The Hall–Kier alpha value is -1.88. The highest BCUT2D eigenvalue weighted by Gasteiger charge is 2.12. The van der Waals surface area contributed by atoms with Crippen LogP contribution in [0.25, 0.3) is 0 Å². The molecule has 1 heterocycles. The Morgan fingerprint density at radius 1 is 1.35 bits per heavy atom. The SMILES string of the molecule is Cc1ccc(NCc2ccc(C#N)s2)cc1S(N)(=O)=O. The number of nitrogens with zero attached hydrogens (tertiary/aromatic N) is 1. The van der Waals surface area contributed by atoms with Gasteiger partial charge in [0, 0.05) is 17.1 Å². The number of hydrogen-bond acceptors (Lipinski definition) is 5. The highest BCUT2D eigenvalue weighted by Crippen LogP contribution is 2.21. The summed E-state index contributed by atoms with van der Waals surface area (Å²) in [4.78, 5) is 1.77. The first-order valence-corrected chi connectivity index (χ1v) is 8.12. The summed E-state index contributed by atoms with van der Waals surface area (Å²) >= 11 is 1.40. The lowest BCUT2D eigenvalue weighted by molar-refractivity contribution is 0.597. The molecule has 0 atom stereocenters. The fourth-order valence-electron chi connectivity index (χ4n) is 1.74. The van der Waals surface area contributed by atoms with Gasteiger partial charge in [-0.05, 0) is 36.8 Å². The smallest absolute Gasteiger partial charge is 0.238 e. The summed E-state index contributed by atoms with van der Waals surface area (Å²) in [6.07, 6.45) is 0. The molecule has 0 aliphatic rings. The molecule has 0 saturated heterocycles. The molecule has 0 radical (unpaired) electrons. The van der Waals surface area contributed by atoms with Crippen LogP contribution in [-0.4, -0.2) is 8.42 Å². The number of nitrogens with two attached hydrogens (primary N) is 1. The van der Waals surface area contributed by atoms with Gasteiger partial charge in [0.2, 0.25) is 10.0 Å². The molecule has 0 fully saturated rings. The molecule has 0 saturated carbocycles. The fourth-order valence-corrected chi connectivity index (χ4v) is 3.29. The van der Waals surface area contributed by atoms with E-state index in [1.165, 1.54) is 17.4 Å². The third kappa shape index (κ3) is 3.36. The Bertz CT molecular complexity index is 773. The van der Waals surface area contributed by atoms with Crippen molar-refractivity contribution in [3.05, 3.63) is 45.6 Å². The summed E-state index contributed by atoms with van der Waals surface area (Å²) in [6, 6.07) is 10.7. The predicted octanol–water partition coefficient (Wildman–Crippen LogP) is 2.19. The molecule has 2 rings (SSSR count). The second-order valence-corrected chi connectivity index (χ2v) is 6.95. The van der Waals surface area contributed by atoms with Crippen molar-refractivity contribution < 1.29 is 8.42 Å². The normalized spacial score (nSPS) is 11.1. The van der Waals surface area contributed by atoms with Gasteiger partial charge in [0.25, 0.3) is 0 Å². The van der Waals surface area contributed by atoms with E-state index in [-0.39, 0.29) is 4.90 Å². The zero-order valence-electron chi connectivity index (χ0n) is 10.8. The van der Waals surface area contributed by atoms with Crippen LogP contribution >= 0.6 is 11.3 Å². The number of rotatable bonds is 4. The van der Waals surface area contributed by atoms with Crippen LogP contribution in [0.3, 0.4) is 0 Å². The summed E-state index contributed by atoms with van der Waals surface area (Å²) in [6.45, 7) is 2.22. The Kier molecular flexibility index (Phi) is 4.09. The van der Waals surface area contributed by atoms with Crippen LogP contribution in [0.15, 0.2) is 35.2 Å². The van der Waals surface area contributed by atoms with Crippen molar-refractivity contribution in [2.75, 3.05) is 5.32 Å². The molecule has 2 aromatic rings. The zero-order valence-corrected chi connectivity index (χ0v) is 12.4. The number of benzene rings is 1. The number of primary sulfonamides is 1. The molecule has 3 N–H and O–H groups in total. The Labute approximate surface area is 121 Å². The molecular weight excluding hydrogens is 294 g/mol. The molecule has 0 unspecified atom stereocenters. The maximum atomic E-state index is 11.4. The third-order valence-corrected chi connectivity index (χ3v) is 4.78. The standard InChI is InChI=1S/C13H13N3O2S2/c1-9-2-3-10(6-13(9)20(15,17)18)16-8-12-5-4-11(7-14)19-12/h2-6,16H,8H2,1H3,(H2,15,17,18). The van der Waals surface area contributed by atoms with E-state index in [1.54, 1.807) is 25.1 Å². The van der Waals surface area contributed by atoms with E-state index in [4.69, 9.17) is 10.4 Å². The lowest BCUT2D eigenvalue weighted by atomic mass is 10.2. The van der Waals surface area contributed by atoms with Gasteiger partial charge >= 0.3 is 0 Å². The van der Waals surface area contributed by atoms with E-state index < -0.39 is 10.0 Å². The number of nitriles is 1. The van der Waals surface area contributed by atoms with Crippen LogP contribution in [0, 0.1) is 18.3 Å². The van der Waals surface area contributed by atoms with Gasteiger partial charge in [-0.3, -0.25) is 0 Å². The van der Waals surface area contributed by atoms with E-state index >= 15 is 0 Å². The second kappa shape index (κ2) is 5.63. The summed E-state index contributed by atoms with van der Waals surface area (Å²) in [5.74, 6) is 0. The minimum Gasteiger partial charge on any atom is -0.380 e. The first-order chi connectivity index (χ1) is 9.40. The average Bonchev–Trinajstić information content (AvgIpc) is 2.84. The molecule has 0 amide bonds. The van der Waals surface area contributed by atoms with Crippen LogP contribution in [0.2, 0.25) is 0 Å². The van der Waals surface area contributed by atoms with Crippen LogP contribution in [0.1, 0.15) is 15.3 Å². The van der Waals surface area contributed by atoms with Crippen LogP contribution in [0.4, 0.5) is 5.69 Å². The molecule has 0 aliphatic heterocycles. The predicted molar refractivity (Wildman–Crippen MR) is 78.9 cm³/mol. The van der Waals surface area contributed by atoms with Gasteiger partial charge in [-0.2, -0.15) is 5.26 Å². The molecule has 1 aromatic carbocycles. The average molecular weight is 307 g/mol. The monoisotopic (exact) mass is 307 g/mol. The van der Waals surface area contributed by atoms with Crippen LogP contribution in [-0.2, 0) is 16.6 Å². The summed E-state index contributed by atoms with van der Waals surface area (Å²) < 4.78 is 22.9. The van der Waals surface area contributed by atoms with Gasteiger partial charge in [0.05, 0.1) is 4.90 Å². The number of thiophene rings is 1. The molecule has 0 aliphatic carbocycles. The number of hydrogen-bond donors (Lipinski definition) is 2. The fraction of sp³-hybridized carbons (Fsp3) is 0.154. The molecule has 20 heavy (non-hydrogen) atoms. The number of aryl methyl sites for hydroxylation is 1. The minimum atomic E-state index is -3.72. The zero-order chi connectivity index (χ0) is 14.8. The van der Waals surface area contributed by atoms with Gasteiger partial charge in [0.15, 0.2) is 0 Å². The van der Waals surface area contributed by atoms with Crippen LogP contribution in [0.5, 0.6) is 0 Å². The molecule has 0 spiro atoms. The van der Waals surface area contributed by atoms with Crippen molar-refractivity contribution in [1.82, 2.24) is 0 Å². The maximum absolute atomic E-state index is 11.4. The van der Waals surface area contributed by atoms with E-state index in [1.807, 2.05) is 6.07 Å². The maximum Gasteiger partial charge on any atom is 0.238 e. The Balaban J connectivity index is 2.17. The summed E-state index contributed by atoms with van der Waals surface area (Å²) in [5, 5.41) is 17.0. The van der Waals surface area contributed by atoms with Gasteiger partial charge in [0.1, 0.15) is 10.9 Å². The van der Waals surface area contributed by atoms with Crippen molar-refractivity contribution in [1.29, 1.82) is 5.26 Å². The first-order valence-electron chi connectivity index (χ1n) is 5.76.